The van der Waals surface area contributed by atoms with E-state index in [9.17, 15) is 4.79 Å². The highest BCUT2D eigenvalue weighted by Gasteiger charge is 2.06. The van der Waals surface area contributed by atoms with Gasteiger partial charge in [0.1, 0.15) is 5.82 Å². The first-order chi connectivity index (χ1) is 13.7. The zero-order valence-corrected chi connectivity index (χ0v) is 15.9. The summed E-state index contributed by atoms with van der Waals surface area (Å²) in [6, 6.07) is 13.1. The quantitative estimate of drug-likeness (QED) is 0.566. The van der Waals surface area contributed by atoms with Crippen LogP contribution in [0.25, 0.3) is 17.5 Å². The third-order valence-electron chi connectivity index (χ3n) is 3.92. The number of H-pyrrole nitrogens is 1. The van der Waals surface area contributed by atoms with Crippen LogP contribution in [0.3, 0.4) is 0 Å². The van der Waals surface area contributed by atoms with Gasteiger partial charge in [0.2, 0.25) is 5.91 Å². The van der Waals surface area contributed by atoms with Gasteiger partial charge in [0.05, 0.1) is 13.2 Å². The van der Waals surface area contributed by atoms with Crippen LogP contribution in [0.4, 0.5) is 5.69 Å². The summed E-state index contributed by atoms with van der Waals surface area (Å²) in [5, 5.41) is 2.84. The fourth-order valence-electron chi connectivity index (χ4n) is 2.66. The minimum atomic E-state index is -0.211. The number of carbonyl (C=O) groups is 1. The van der Waals surface area contributed by atoms with Crippen LogP contribution < -0.4 is 14.8 Å². The molecule has 144 valence electrons. The van der Waals surface area contributed by atoms with Gasteiger partial charge in [-0.2, -0.15) is 0 Å². The van der Waals surface area contributed by atoms with Gasteiger partial charge >= 0.3 is 0 Å². The zero-order chi connectivity index (χ0) is 19.8. The molecule has 28 heavy (non-hydrogen) atoms. The third kappa shape index (κ3) is 5.01. The van der Waals surface area contributed by atoms with Crippen molar-refractivity contribution in [3.8, 4) is 22.9 Å². The summed E-state index contributed by atoms with van der Waals surface area (Å²) < 4.78 is 11.2. The number of rotatable bonds is 8. The largest absolute Gasteiger partial charge is 0.490 e. The molecule has 2 aromatic carbocycles. The van der Waals surface area contributed by atoms with Crippen molar-refractivity contribution >= 4 is 17.7 Å². The summed E-state index contributed by atoms with van der Waals surface area (Å²) in [4.78, 5) is 19.5. The predicted molar refractivity (Wildman–Crippen MR) is 110 cm³/mol. The molecule has 1 heterocycles. The first-order valence-electron chi connectivity index (χ1n) is 9.18. The van der Waals surface area contributed by atoms with Gasteiger partial charge in [-0.05, 0) is 61.9 Å². The van der Waals surface area contributed by atoms with E-state index in [-0.39, 0.29) is 5.91 Å². The molecule has 0 bridgehead atoms. The summed E-state index contributed by atoms with van der Waals surface area (Å²) in [5.41, 5.74) is 2.53. The van der Waals surface area contributed by atoms with Crippen LogP contribution in [0.15, 0.2) is 60.9 Å². The van der Waals surface area contributed by atoms with Gasteiger partial charge < -0.3 is 19.8 Å². The van der Waals surface area contributed by atoms with Crippen molar-refractivity contribution in [1.82, 2.24) is 9.97 Å². The number of imidazole rings is 1. The molecule has 0 radical (unpaired) electrons. The van der Waals surface area contributed by atoms with Crippen LogP contribution in [0, 0.1) is 0 Å². The topological polar surface area (TPSA) is 76.2 Å². The molecule has 2 N–H and O–H groups in total. The summed E-state index contributed by atoms with van der Waals surface area (Å²) in [7, 11) is 0. The standard InChI is InChI=1S/C22H23N3O3/c1-3-27-19-11-5-16(15-20(19)28-4-2)6-12-21(26)25-18-9-7-17(8-10-18)22-23-13-14-24-22/h5-15H,3-4H2,1-2H3,(H,23,24)(H,25,26)/b12-6+. The number of hydrogen-bond acceptors (Lipinski definition) is 4. The highest BCUT2D eigenvalue weighted by molar-refractivity contribution is 6.02. The third-order valence-corrected chi connectivity index (χ3v) is 3.92. The van der Waals surface area contributed by atoms with Crippen LogP contribution in [0.2, 0.25) is 0 Å². The second-order valence-corrected chi connectivity index (χ2v) is 5.91. The van der Waals surface area contributed by atoms with Crippen molar-refractivity contribution in [3.05, 3.63) is 66.5 Å². The Hall–Kier alpha value is -3.54. The van der Waals surface area contributed by atoms with E-state index in [1.165, 1.54) is 6.08 Å². The minimum Gasteiger partial charge on any atom is -0.490 e. The highest BCUT2D eigenvalue weighted by Crippen LogP contribution is 2.29. The fourth-order valence-corrected chi connectivity index (χ4v) is 2.66. The zero-order valence-electron chi connectivity index (χ0n) is 15.9. The van der Waals surface area contributed by atoms with E-state index in [4.69, 9.17) is 9.47 Å². The Morgan fingerprint density at radius 3 is 2.50 bits per heavy atom. The number of amides is 1. The summed E-state index contributed by atoms with van der Waals surface area (Å²) in [5.74, 6) is 1.94. The maximum absolute atomic E-state index is 12.2. The lowest BCUT2D eigenvalue weighted by Gasteiger charge is -2.11. The van der Waals surface area contributed by atoms with Crippen molar-refractivity contribution in [2.45, 2.75) is 13.8 Å². The van der Waals surface area contributed by atoms with E-state index in [2.05, 4.69) is 15.3 Å². The number of aromatic nitrogens is 2. The number of aromatic amines is 1. The number of ether oxygens (including phenoxy) is 2. The molecule has 1 amide bonds. The Bertz CT molecular complexity index is 932. The first-order valence-corrected chi connectivity index (χ1v) is 9.18. The molecule has 0 aliphatic rings. The maximum atomic E-state index is 12.2. The monoisotopic (exact) mass is 377 g/mol. The van der Waals surface area contributed by atoms with Gasteiger partial charge in [-0.3, -0.25) is 4.79 Å². The molecular formula is C22H23N3O3. The molecule has 0 saturated heterocycles. The van der Waals surface area contributed by atoms with Crippen molar-refractivity contribution in [3.63, 3.8) is 0 Å². The van der Waals surface area contributed by atoms with E-state index < -0.39 is 0 Å². The molecular weight excluding hydrogens is 354 g/mol. The maximum Gasteiger partial charge on any atom is 0.248 e. The molecule has 3 rings (SSSR count). The lowest BCUT2D eigenvalue weighted by molar-refractivity contribution is -0.111. The van der Waals surface area contributed by atoms with Gasteiger partial charge in [0.25, 0.3) is 0 Å². The van der Waals surface area contributed by atoms with Gasteiger partial charge in [-0.15, -0.1) is 0 Å². The molecule has 6 heteroatoms. The number of benzene rings is 2. The molecule has 0 unspecified atom stereocenters. The highest BCUT2D eigenvalue weighted by atomic mass is 16.5. The van der Waals surface area contributed by atoms with Gasteiger partial charge in [-0.1, -0.05) is 6.07 Å². The molecule has 0 aliphatic carbocycles. The molecule has 6 nitrogen and oxygen atoms in total. The molecule has 1 aromatic heterocycles. The Morgan fingerprint density at radius 2 is 1.82 bits per heavy atom. The second-order valence-electron chi connectivity index (χ2n) is 5.91. The van der Waals surface area contributed by atoms with Crippen LogP contribution in [0.5, 0.6) is 11.5 Å². The molecule has 3 aromatic rings. The van der Waals surface area contributed by atoms with Gasteiger partial charge in [-0.25, -0.2) is 4.98 Å². The summed E-state index contributed by atoms with van der Waals surface area (Å²) in [6.45, 7) is 4.95. The summed E-state index contributed by atoms with van der Waals surface area (Å²) >= 11 is 0. The fraction of sp³-hybridized carbons (Fsp3) is 0.182. The first kappa shape index (κ1) is 19.2. The van der Waals surface area contributed by atoms with Crippen LogP contribution in [-0.2, 0) is 4.79 Å². The Kier molecular flexibility index (Phi) is 6.46. The van der Waals surface area contributed by atoms with Crippen molar-refractivity contribution < 1.29 is 14.3 Å². The molecule has 0 saturated carbocycles. The number of nitrogens with one attached hydrogen (secondary N) is 2. The predicted octanol–water partition coefficient (Wildman–Crippen LogP) is 4.53. The normalized spacial score (nSPS) is 10.8. The average molecular weight is 377 g/mol. The Morgan fingerprint density at radius 1 is 1.07 bits per heavy atom. The molecule has 0 atom stereocenters. The molecule has 0 fully saturated rings. The minimum absolute atomic E-state index is 0.211. The summed E-state index contributed by atoms with van der Waals surface area (Å²) in [6.07, 6.45) is 6.71. The van der Waals surface area contributed by atoms with Crippen LogP contribution >= 0.6 is 0 Å². The van der Waals surface area contributed by atoms with Crippen LogP contribution in [-0.4, -0.2) is 29.1 Å². The Balaban J connectivity index is 1.64. The lowest BCUT2D eigenvalue weighted by Crippen LogP contribution is -2.07. The van der Waals surface area contributed by atoms with Crippen LogP contribution in [0.1, 0.15) is 19.4 Å². The van der Waals surface area contributed by atoms with Crippen molar-refractivity contribution in [1.29, 1.82) is 0 Å². The number of nitrogens with zero attached hydrogens (tertiary/aromatic N) is 1. The number of anilines is 1. The Labute approximate surface area is 164 Å². The number of carbonyl (C=O) groups excluding carboxylic acids is 1. The SMILES string of the molecule is CCOc1ccc(/C=C/C(=O)Nc2ccc(-c3ncc[nH]3)cc2)cc1OCC. The van der Waals surface area contributed by atoms with E-state index in [0.717, 1.165) is 17.0 Å². The molecule has 0 aliphatic heterocycles. The van der Waals surface area contributed by atoms with E-state index in [1.54, 1.807) is 18.5 Å². The second kappa shape index (κ2) is 9.41. The van der Waals surface area contributed by atoms with Gasteiger partial charge in [0, 0.05) is 29.7 Å². The van der Waals surface area contributed by atoms with Gasteiger partial charge in [0.15, 0.2) is 11.5 Å². The van der Waals surface area contributed by atoms with Crippen molar-refractivity contribution in [2.24, 2.45) is 0 Å². The number of hydrogen-bond donors (Lipinski definition) is 2. The van der Waals surface area contributed by atoms with E-state index in [1.807, 2.05) is 56.3 Å². The van der Waals surface area contributed by atoms with E-state index >= 15 is 0 Å². The molecule has 0 spiro atoms. The average Bonchev–Trinajstić information content (AvgIpc) is 3.24. The van der Waals surface area contributed by atoms with Crippen molar-refractivity contribution in [2.75, 3.05) is 18.5 Å². The smallest absolute Gasteiger partial charge is 0.248 e. The van der Waals surface area contributed by atoms with E-state index in [0.29, 0.717) is 30.4 Å². The lowest BCUT2D eigenvalue weighted by atomic mass is 10.1.